The molecule has 1 aromatic rings. The van der Waals surface area contributed by atoms with E-state index in [9.17, 15) is 17.6 Å². The second-order valence-electron chi connectivity index (χ2n) is 7.55. The van der Waals surface area contributed by atoms with E-state index >= 15 is 0 Å². The van der Waals surface area contributed by atoms with Gasteiger partial charge in [0, 0.05) is 32.2 Å². The summed E-state index contributed by atoms with van der Waals surface area (Å²) in [6.07, 6.45) is 4.56. The Balaban J connectivity index is 1.51. The van der Waals surface area contributed by atoms with E-state index in [1.807, 2.05) is 4.90 Å². The Morgan fingerprint density at radius 1 is 1.15 bits per heavy atom. The maximum atomic E-state index is 13.9. The average molecular weight is 398 g/mol. The van der Waals surface area contributed by atoms with Crippen molar-refractivity contribution >= 4 is 15.9 Å². The molecule has 1 N–H and O–H groups in total. The third-order valence-electron chi connectivity index (χ3n) is 5.61. The normalized spacial score (nSPS) is 25.3. The van der Waals surface area contributed by atoms with E-state index in [0.717, 1.165) is 25.3 Å². The van der Waals surface area contributed by atoms with E-state index in [1.165, 1.54) is 28.9 Å². The van der Waals surface area contributed by atoms with Gasteiger partial charge in [0.15, 0.2) is 0 Å². The number of hydrogen-bond acceptors (Lipinski definition) is 4. The molecule has 0 bridgehead atoms. The molecule has 150 valence electrons. The first-order valence-electron chi connectivity index (χ1n) is 9.64. The van der Waals surface area contributed by atoms with Gasteiger partial charge in [-0.05, 0) is 30.9 Å². The molecule has 0 aromatic heterocycles. The standard InChI is InChI=1S/C19H28FN3O3S/c1-15-6-2-4-8-17(15)21-19(24)14-22-10-12-23(13-11-22)27(25,26)18-9-5-3-7-16(18)20/h3,5,7,9,15,17H,2,4,6,8,10-14H2,1H3,(H,21,24)/t15-,17+/m1/s1. The van der Waals surface area contributed by atoms with Crippen LogP contribution in [-0.2, 0) is 14.8 Å². The van der Waals surface area contributed by atoms with Crippen molar-refractivity contribution in [3.05, 3.63) is 30.1 Å². The molecule has 1 aliphatic carbocycles. The zero-order valence-corrected chi connectivity index (χ0v) is 16.5. The Morgan fingerprint density at radius 3 is 2.48 bits per heavy atom. The Morgan fingerprint density at radius 2 is 1.81 bits per heavy atom. The number of piperazine rings is 1. The van der Waals surface area contributed by atoms with E-state index in [0.29, 0.717) is 19.0 Å². The molecule has 2 fully saturated rings. The molecule has 3 rings (SSSR count). The Bertz CT molecular complexity index is 763. The van der Waals surface area contributed by atoms with E-state index in [-0.39, 0.29) is 36.5 Å². The van der Waals surface area contributed by atoms with Gasteiger partial charge in [-0.25, -0.2) is 12.8 Å². The van der Waals surface area contributed by atoms with Crippen LogP contribution in [0.3, 0.4) is 0 Å². The molecule has 1 amide bonds. The first-order chi connectivity index (χ1) is 12.9. The maximum absolute atomic E-state index is 13.9. The molecule has 0 spiro atoms. The lowest BCUT2D eigenvalue weighted by Gasteiger charge is -2.34. The first kappa shape index (κ1) is 20.2. The predicted octanol–water partition coefficient (Wildman–Crippen LogP) is 1.83. The molecule has 6 nitrogen and oxygen atoms in total. The highest BCUT2D eigenvalue weighted by atomic mass is 32.2. The Labute approximate surface area is 160 Å². The highest BCUT2D eigenvalue weighted by Gasteiger charge is 2.31. The van der Waals surface area contributed by atoms with Gasteiger partial charge in [-0.15, -0.1) is 0 Å². The lowest BCUT2D eigenvalue weighted by atomic mass is 9.86. The fraction of sp³-hybridized carbons (Fsp3) is 0.632. The van der Waals surface area contributed by atoms with Gasteiger partial charge in [0.05, 0.1) is 6.54 Å². The van der Waals surface area contributed by atoms with Gasteiger partial charge >= 0.3 is 0 Å². The Hall–Kier alpha value is -1.51. The van der Waals surface area contributed by atoms with E-state index in [1.54, 1.807) is 0 Å². The number of carbonyl (C=O) groups excluding carboxylic acids is 1. The summed E-state index contributed by atoms with van der Waals surface area (Å²) in [6, 6.07) is 5.67. The molecule has 1 saturated heterocycles. The predicted molar refractivity (Wildman–Crippen MR) is 101 cm³/mol. The summed E-state index contributed by atoms with van der Waals surface area (Å²) >= 11 is 0. The minimum absolute atomic E-state index is 0.000777. The van der Waals surface area contributed by atoms with Gasteiger partial charge in [0.25, 0.3) is 0 Å². The van der Waals surface area contributed by atoms with Crippen molar-refractivity contribution in [1.29, 1.82) is 0 Å². The summed E-state index contributed by atoms with van der Waals surface area (Å²) in [5.41, 5.74) is 0. The Kier molecular flexibility index (Phi) is 6.49. The van der Waals surface area contributed by atoms with Crippen LogP contribution < -0.4 is 5.32 Å². The van der Waals surface area contributed by atoms with Crippen molar-refractivity contribution in [3.63, 3.8) is 0 Å². The molecule has 0 unspecified atom stereocenters. The number of rotatable bonds is 5. The second kappa shape index (κ2) is 8.67. The molecule has 1 aromatic carbocycles. The van der Waals surface area contributed by atoms with Crippen LogP contribution in [0, 0.1) is 11.7 Å². The monoisotopic (exact) mass is 397 g/mol. The minimum atomic E-state index is -3.84. The zero-order chi connectivity index (χ0) is 19.4. The van der Waals surface area contributed by atoms with Gasteiger partial charge in [-0.2, -0.15) is 4.31 Å². The molecule has 2 aliphatic rings. The third kappa shape index (κ3) is 4.86. The van der Waals surface area contributed by atoms with Crippen LogP contribution in [0.15, 0.2) is 29.2 Å². The quantitative estimate of drug-likeness (QED) is 0.823. The van der Waals surface area contributed by atoms with Gasteiger partial charge in [0.1, 0.15) is 10.7 Å². The smallest absolute Gasteiger partial charge is 0.246 e. The summed E-state index contributed by atoms with van der Waals surface area (Å²) in [5, 5.41) is 3.13. The number of amides is 1. The van der Waals surface area contributed by atoms with Crippen LogP contribution in [0.2, 0.25) is 0 Å². The molecule has 27 heavy (non-hydrogen) atoms. The summed E-state index contributed by atoms with van der Waals surface area (Å²) in [4.78, 5) is 14.0. The molecule has 1 heterocycles. The van der Waals surface area contributed by atoms with Crippen LogP contribution in [0.5, 0.6) is 0 Å². The van der Waals surface area contributed by atoms with Crippen LogP contribution >= 0.6 is 0 Å². The van der Waals surface area contributed by atoms with E-state index in [2.05, 4.69) is 12.2 Å². The summed E-state index contributed by atoms with van der Waals surface area (Å²) in [5.74, 6) is -0.231. The van der Waals surface area contributed by atoms with E-state index < -0.39 is 15.8 Å². The van der Waals surface area contributed by atoms with Crippen molar-refractivity contribution in [2.24, 2.45) is 5.92 Å². The van der Waals surface area contributed by atoms with Crippen LogP contribution in [-0.4, -0.2) is 62.3 Å². The van der Waals surface area contributed by atoms with Gasteiger partial charge in [0.2, 0.25) is 15.9 Å². The number of halogens is 1. The fourth-order valence-electron chi connectivity index (χ4n) is 3.91. The number of nitrogens with one attached hydrogen (secondary N) is 1. The number of benzene rings is 1. The lowest BCUT2D eigenvalue weighted by Crippen LogP contribution is -2.52. The molecule has 8 heteroatoms. The molecular weight excluding hydrogens is 369 g/mol. The lowest BCUT2D eigenvalue weighted by molar-refractivity contribution is -0.123. The van der Waals surface area contributed by atoms with Gasteiger partial charge in [-0.1, -0.05) is 31.9 Å². The molecule has 0 radical (unpaired) electrons. The summed E-state index contributed by atoms with van der Waals surface area (Å²) in [7, 11) is -3.84. The van der Waals surface area contributed by atoms with Crippen LogP contribution in [0.4, 0.5) is 4.39 Å². The van der Waals surface area contributed by atoms with Crippen molar-refractivity contribution in [1.82, 2.24) is 14.5 Å². The fourth-order valence-corrected chi connectivity index (χ4v) is 5.39. The average Bonchev–Trinajstić information content (AvgIpc) is 2.64. The second-order valence-corrected chi connectivity index (χ2v) is 9.45. The molecule has 2 atom stereocenters. The number of nitrogens with zero attached hydrogens (tertiary/aromatic N) is 2. The molecule has 1 saturated carbocycles. The highest BCUT2D eigenvalue weighted by molar-refractivity contribution is 7.89. The SMILES string of the molecule is C[C@@H]1CCCC[C@@H]1NC(=O)CN1CCN(S(=O)(=O)c2ccccc2F)CC1. The van der Waals surface area contributed by atoms with Crippen molar-refractivity contribution in [2.45, 2.75) is 43.5 Å². The largest absolute Gasteiger partial charge is 0.352 e. The molecular formula is C19H28FN3O3S. The first-order valence-corrected chi connectivity index (χ1v) is 11.1. The van der Waals surface area contributed by atoms with Crippen molar-refractivity contribution < 1.29 is 17.6 Å². The van der Waals surface area contributed by atoms with E-state index in [4.69, 9.17) is 0 Å². The highest BCUT2D eigenvalue weighted by Crippen LogP contribution is 2.24. The van der Waals surface area contributed by atoms with Crippen LogP contribution in [0.1, 0.15) is 32.6 Å². The summed E-state index contributed by atoms with van der Waals surface area (Å²) < 4.78 is 40.4. The van der Waals surface area contributed by atoms with Gasteiger partial charge < -0.3 is 5.32 Å². The third-order valence-corrected chi connectivity index (χ3v) is 7.54. The summed E-state index contributed by atoms with van der Waals surface area (Å²) in [6.45, 7) is 3.88. The number of hydrogen-bond donors (Lipinski definition) is 1. The zero-order valence-electron chi connectivity index (χ0n) is 15.7. The maximum Gasteiger partial charge on any atom is 0.246 e. The topological polar surface area (TPSA) is 69.7 Å². The minimum Gasteiger partial charge on any atom is -0.352 e. The van der Waals surface area contributed by atoms with Crippen molar-refractivity contribution in [2.75, 3.05) is 32.7 Å². The van der Waals surface area contributed by atoms with Crippen LogP contribution in [0.25, 0.3) is 0 Å². The number of carbonyl (C=O) groups is 1. The van der Waals surface area contributed by atoms with Gasteiger partial charge in [-0.3, -0.25) is 9.69 Å². The van der Waals surface area contributed by atoms with Crippen molar-refractivity contribution in [3.8, 4) is 0 Å². The molecule has 1 aliphatic heterocycles. The number of sulfonamides is 1.